The third kappa shape index (κ3) is 4.94. The predicted octanol–water partition coefficient (Wildman–Crippen LogP) is 3.59. The average molecular weight is 375 g/mol. The van der Waals surface area contributed by atoms with Crippen LogP contribution in [0.15, 0.2) is 29.9 Å². The lowest BCUT2D eigenvalue weighted by Gasteiger charge is -2.32. The second-order valence-corrected chi connectivity index (χ2v) is 8.47. The molecule has 7 heteroatoms. The molecule has 3 rings (SSSR count). The molecule has 2 aromatic rings. The van der Waals surface area contributed by atoms with Crippen LogP contribution in [0.4, 0.5) is 4.79 Å². The van der Waals surface area contributed by atoms with Crippen LogP contribution in [0, 0.1) is 0 Å². The van der Waals surface area contributed by atoms with E-state index in [0.717, 1.165) is 29.3 Å². The van der Waals surface area contributed by atoms with Gasteiger partial charge in [-0.15, -0.1) is 11.3 Å². The van der Waals surface area contributed by atoms with E-state index in [-0.39, 0.29) is 17.6 Å². The molecule has 3 heterocycles. The molecule has 1 aliphatic rings. The number of carbonyl (C=O) groups excluding carboxylic acids is 1. The normalized spacial score (nSPS) is 15.7. The standard InChI is InChI=1S/C19H26N4O2S/c1-19(2,3)16-13-26-17(22-16)12-21-18(24)23-9-6-14(7-10-23)25-15-5-4-8-20-11-15/h4-5,8,11,13-14H,6-7,9-10,12H2,1-3H3,(H,21,24). The number of hydrogen-bond acceptors (Lipinski definition) is 5. The van der Waals surface area contributed by atoms with Crippen molar-refractivity contribution in [3.63, 3.8) is 0 Å². The summed E-state index contributed by atoms with van der Waals surface area (Å²) in [7, 11) is 0. The van der Waals surface area contributed by atoms with Gasteiger partial charge in [-0.1, -0.05) is 20.8 Å². The van der Waals surface area contributed by atoms with Crippen molar-refractivity contribution in [3.05, 3.63) is 40.6 Å². The van der Waals surface area contributed by atoms with Gasteiger partial charge in [-0.2, -0.15) is 0 Å². The maximum absolute atomic E-state index is 12.4. The molecule has 2 aromatic heterocycles. The summed E-state index contributed by atoms with van der Waals surface area (Å²) in [5, 5.41) is 6.00. The lowest BCUT2D eigenvalue weighted by atomic mass is 9.93. The Morgan fingerprint density at radius 1 is 1.38 bits per heavy atom. The number of aromatic nitrogens is 2. The van der Waals surface area contributed by atoms with E-state index in [1.165, 1.54) is 0 Å². The Morgan fingerprint density at radius 2 is 2.15 bits per heavy atom. The van der Waals surface area contributed by atoms with Crippen LogP contribution in [0.25, 0.3) is 0 Å². The lowest BCUT2D eigenvalue weighted by molar-refractivity contribution is 0.110. The molecule has 1 aliphatic heterocycles. The van der Waals surface area contributed by atoms with Crippen LogP contribution in [0.3, 0.4) is 0 Å². The van der Waals surface area contributed by atoms with Crippen LogP contribution in [0.1, 0.15) is 44.3 Å². The highest BCUT2D eigenvalue weighted by molar-refractivity contribution is 7.09. The van der Waals surface area contributed by atoms with Crippen LogP contribution in [-0.2, 0) is 12.0 Å². The van der Waals surface area contributed by atoms with E-state index in [9.17, 15) is 4.79 Å². The Labute approximate surface area is 158 Å². The first kappa shape index (κ1) is 18.6. The number of thiazole rings is 1. The van der Waals surface area contributed by atoms with Gasteiger partial charge in [0.15, 0.2) is 0 Å². The molecule has 1 fully saturated rings. The molecule has 0 radical (unpaired) electrons. The topological polar surface area (TPSA) is 67.4 Å². The zero-order valence-electron chi connectivity index (χ0n) is 15.6. The van der Waals surface area contributed by atoms with E-state index < -0.39 is 0 Å². The number of urea groups is 1. The van der Waals surface area contributed by atoms with Crippen molar-refractivity contribution in [1.29, 1.82) is 0 Å². The van der Waals surface area contributed by atoms with Crippen LogP contribution >= 0.6 is 11.3 Å². The van der Waals surface area contributed by atoms with Gasteiger partial charge < -0.3 is 15.0 Å². The number of likely N-dealkylation sites (tertiary alicyclic amines) is 1. The van der Waals surface area contributed by atoms with Crippen molar-refractivity contribution in [1.82, 2.24) is 20.2 Å². The highest BCUT2D eigenvalue weighted by Crippen LogP contribution is 2.24. The molecule has 1 saturated heterocycles. The van der Waals surface area contributed by atoms with E-state index in [4.69, 9.17) is 4.74 Å². The van der Waals surface area contributed by atoms with Gasteiger partial charge in [0.2, 0.25) is 0 Å². The van der Waals surface area contributed by atoms with E-state index >= 15 is 0 Å². The summed E-state index contributed by atoms with van der Waals surface area (Å²) in [4.78, 5) is 22.9. The first-order valence-corrected chi connectivity index (χ1v) is 9.84. The minimum Gasteiger partial charge on any atom is -0.489 e. The first-order valence-electron chi connectivity index (χ1n) is 8.96. The summed E-state index contributed by atoms with van der Waals surface area (Å²) in [6, 6.07) is 3.74. The van der Waals surface area contributed by atoms with Crippen molar-refractivity contribution in [2.75, 3.05) is 13.1 Å². The van der Waals surface area contributed by atoms with Gasteiger partial charge in [0.25, 0.3) is 0 Å². The zero-order valence-corrected chi connectivity index (χ0v) is 16.4. The zero-order chi connectivity index (χ0) is 18.6. The summed E-state index contributed by atoms with van der Waals surface area (Å²) in [5.41, 5.74) is 1.11. The molecule has 26 heavy (non-hydrogen) atoms. The lowest BCUT2D eigenvalue weighted by Crippen LogP contribution is -2.46. The number of nitrogens with zero attached hydrogens (tertiary/aromatic N) is 3. The summed E-state index contributed by atoms with van der Waals surface area (Å²) in [6.07, 6.45) is 5.24. The van der Waals surface area contributed by atoms with E-state index in [2.05, 4.69) is 41.4 Å². The number of ether oxygens (including phenoxy) is 1. The average Bonchev–Trinajstić information content (AvgIpc) is 3.11. The van der Waals surface area contributed by atoms with Gasteiger partial charge in [0.1, 0.15) is 16.9 Å². The minimum absolute atomic E-state index is 0.0302. The van der Waals surface area contributed by atoms with Crippen LogP contribution in [0.2, 0.25) is 0 Å². The van der Waals surface area contributed by atoms with Gasteiger partial charge in [-0.05, 0) is 12.1 Å². The van der Waals surface area contributed by atoms with Crippen LogP contribution in [-0.4, -0.2) is 40.1 Å². The van der Waals surface area contributed by atoms with Crippen molar-refractivity contribution in [2.24, 2.45) is 0 Å². The quantitative estimate of drug-likeness (QED) is 0.888. The molecule has 140 valence electrons. The SMILES string of the molecule is CC(C)(C)c1csc(CNC(=O)N2CCC(Oc3cccnc3)CC2)n1. The Morgan fingerprint density at radius 3 is 2.77 bits per heavy atom. The Kier molecular flexibility index (Phi) is 5.76. The fourth-order valence-corrected chi connectivity index (χ4v) is 3.75. The monoisotopic (exact) mass is 374 g/mol. The van der Waals surface area contributed by atoms with Crippen molar-refractivity contribution >= 4 is 17.4 Å². The molecule has 0 saturated carbocycles. The smallest absolute Gasteiger partial charge is 0.317 e. The first-order chi connectivity index (χ1) is 12.4. The van der Waals surface area contributed by atoms with Crippen LogP contribution in [0.5, 0.6) is 5.75 Å². The molecular formula is C19H26N4O2S. The Bertz CT molecular complexity index is 719. The van der Waals surface area contributed by atoms with Crippen molar-refractivity contribution in [2.45, 2.75) is 51.7 Å². The maximum atomic E-state index is 12.4. The molecule has 1 N–H and O–H groups in total. The summed E-state index contributed by atoms with van der Waals surface area (Å²) < 4.78 is 5.92. The molecule has 0 aromatic carbocycles. The number of piperidine rings is 1. The molecule has 2 amide bonds. The molecule has 0 atom stereocenters. The summed E-state index contributed by atoms with van der Waals surface area (Å²) in [6.45, 7) is 8.29. The second kappa shape index (κ2) is 8.03. The summed E-state index contributed by atoms with van der Waals surface area (Å²) >= 11 is 1.60. The second-order valence-electron chi connectivity index (χ2n) is 7.53. The highest BCUT2D eigenvalue weighted by Gasteiger charge is 2.24. The minimum atomic E-state index is -0.0302. The van der Waals surface area contributed by atoms with Gasteiger partial charge in [-0.25, -0.2) is 9.78 Å². The predicted molar refractivity (Wildman–Crippen MR) is 103 cm³/mol. The fraction of sp³-hybridized carbons (Fsp3) is 0.526. The number of pyridine rings is 1. The third-order valence-electron chi connectivity index (χ3n) is 4.38. The fourth-order valence-electron chi connectivity index (χ4n) is 2.79. The largest absolute Gasteiger partial charge is 0.489 e. The van der Waals surface area contributed by atoms with Gasteiger partial charge in [0, 0.05) is 42.9 Å². The maximum Gasteiger partial charge on any atom is 0.317 e. The number of carbonyl (C=O) groups is 1. The third-order valence-corrected chi connectivity index (χ3v) is 5.23. The van der Waals surface area contributed by atoms with Gasteiger partial charge in [0.05, 0.1) is 18.4 Å². The van der Waals surface area contributed by atoms with E-state index in [0.29, 0.717) is 19.6 Å². The summed E-state index contributed by atoms with van der Waals surface area (Å²) in [5.74, 6) is 0.786. The highest BCUT2D eigenvalue weighted by atomic mass is 32.1. The van der Waals surface area contributed by atoms with Gasteiger partial charge >= 0.3 is 6.03 Å². The number of rotatable bonds is 4. The molecule has 6 nitrogen and oxygen atoms in total. The van der Waals surface area contributed by atoms with E-state index in [1.54, 1.807) is 23.7 Å². The molecule has 0 spiro atoms. The molecule has 0 unspecified atom stereocenters. The Balaban J connectivity index is 1.43. The molecule has 0 aliphatic carbocycles. The molecule has 0 bridgehead atoms. The van der Waals surface area contributed by atoms with Crippen molar-refractivity contribution < 1.29 is 9.53 Å². The van der Waals surface area contributed by atoms with Gasteiger partial charge in [-0.3, -0.25) is 4.98 Å². The number of hydrogen-bond donors (Lipinski definition) is 1. The Hall–Kier alpha value is -2.15. The van der Waals surface area contributed by atoms with E-state index in [1.807, 2.05) is 17.0 Å². The van der Waals surface area contributed by atoms with Crippen molar-refractivity contribution in [3.8, 4) is 5.75 Å². The molecular weight excluding hydrogens is 348 g/mol. The number of amides is 2. The van der Waals surface area contributed by atoms with Crippen LogP contribution < -0.4 is 10.1 Å². The number of nitrogens with one attached hydrogen (secondary N) is 1.